The molecule has 2 aromatic carbocycles. The van der Waals surface area contributed by atoms with Gasteiger partial charge in [0.2, 0.25) is 0 Å². The number of halogens is 5. The molecule has 1 N–H and O–H groups in total. The molecule has 2 rings (SSSR count). The summed E-state index contributed by atoms with van der Waals surface area (Å²) in [6.07, 6.45) is -4.87. The SMILES string of the molecule is O=S(=O)(Nc1ccc(OC(F)(F)F)cc1)c1cc(F)cc(F)c1. The van der Waals surface area contributed by atoms with Crippen LogP contribution in [-0.2, 0) is 10.0 Å². The Morgan fingerprint density at radius 2 is 1.43 bits per heavy atom. The van der Waals surface area contributed by atoms with Gasteiger partial charge in [-0.15, -0.1) is 13.2 Å². The molecule has 0 radical (unpaired) electrons. The van der Waals surface area contributed by atoms with Crippen LogP contribution in [-0.4, -0.2) is 14.8 Å². The Morgan fingerprint density at radius 3 is 1.91 bits per heavy atom. The van der Waals surface area contributed by atoms with Gasteiger partial charge in [0.15, 0.2) is 0 Å². The van der Waals surface area contributed by atoms with Gasteiger partial charge in [0, 0.05) is 11.8 Å². The molecule has 0 heterocycles. The van der Waals surface area contributed by atoms with Crippen LogP contribution in [0.3, 0.4) is 0 Å². The predicted molar refractivity (Wildman–Crippen MR) is 70.3 cm³/mol. The van der Waals surface area contributed by atoms with Gasteiger partial charge in [0.1, 0.15) is 17.4 Å². The molecule has 0 unspecified atom stereocenters. The van der Waals surface area contributed by atoms with Crippen molar-refractivity contribution in [2.75, 3.05) is 4.72 Å². The maximum Gasteiger partial charge on any atom is 0.573 e. The first kappa shape index (κ1) is 17.0. The zero-order valence-electron chi connectivity index (χ0n) is 11.1. The maximum atomic E-state index is 13.1. The fourth-order valence-corrected chi connectivity index (χ4v) is 2.72. The van der Waals surface area contributed by atoms with Crippen LogP contribution in [0.2, 0.25) is 0 Å². The second-order valence-electron chi connectivity index (χ2n) is 4.28. The van der Waals surface area contributed by atoms with E-state index in [2.05, 4.69) is 4.74 Å². The van der Waals surface area contributed by atoms with Crippen molar-refractivity contribution in [3.05, 3.63) is 54.1 Å². The Bertz CT molecular complexity index is 783. The van der Waals surface area contributed by atoms with Crippen LogP contribution in [0.15, 0.2) is 47.4 Å². The van der Waals surface area contributed by atoms with Gasteiger partial charge in [0.25, 0.3) is 10.0 Å². The predicted octanol–water partition coefficient (Wildman–Crippen LogP) is 3.66. The van der Waals surface area contributed by atoms with E-state index >= 15 is 0 Å². The van der Waals surface area contributed by atoms with Crippen LogP contribution in [0, 0.1) is 11.6 Å². The monoisotopic (exact) mass is 353 g/mol. The van der Waals surface area contributed by atoms with Gasteiger partial charge in [-0.1, -0.05) is 0 Å². The van der Waals surface area contributed by atoms with Gasteiger partial charge in [-0.3, -0.25) is 4.72 Å². The molecule has 0 saturated carbocycles. The van der Waals surface area contributed by atoms with Gasteiger partial charge in [-0.25, -0.2) is 17.2 Å². The molecule has 0 fully saturated rings. The third-order valence-corrected chi connectivity index (χ3v) is 3.85. The van der Waals surface area contributed by atoms with E-state index in [0.29, 0.717) is 18.2 Å². The van der Waals surface area contributed by atoms with Crippen molar-refractivity contribution >= 4 is 15.7 Å². The minimum absolute atomic E-state index is 0.107. The number of ether oxygens (including phenoxy) is 1. The van der Waals surface area contributed by atoms with E-state index in [1.54, 1.807) is 0 Å². The highest BCUT2D eigenvalue weighted by Gasteiger charge is 2.31. The summed E-state index contributed by atoms with van der Waals surface area (Å²) in [4.78, 5) is -0.661. The van der Waals surface area contributed by atoms with Crippen LogP contribution in [0.4, 0.5) is 27.6 Å². The minimum Gasteiger partial charge on any atom is -0.406 e. The lowest BCUT2D eigenvalue weighted by Crippen LogP contribution is -2.17. The lowest BCUT2D eigenvalue weighted by Gasteiger charge is -2.11. The second-order valence-corrected chi connectivity index (χ2v) is 5.97. The lowest BCUT2D eigenvalue weighted by molar-refractivity contribution is -0.274. The highest BCUT2D eigenvalue weighted by Crippen LogP contribution is 2.25. The number of sulfonamides is 1. The number of benzene rings is 2. The Kier molecular flexibility index (Phi) is 4.46. The molecule has 2 aromatic rings. The van der Waals surface area contributed by atoms with E-state index in [0.717, 1.165) is 24.3 Å². The van der Waals surface area contributed by atoms with Gasteiger partial charge >= 0.3 is 6.36 Å². The molecule has 0 aliphatic rings. The van der Waals surface area contributed by atoms with E-state index in [4.69, 9.17) is 0 Å². The van der Waals surface area contributed by atoms with Crippen LogP contribution >= 0.6 is 0 Å². The number of hydrogen-bond donors (Lipinski definition) is 1. The quantitative estimate of drug-likeness (QED) is 0.854. The number of alkyl halides is 3. The summed E-state index contributed by atoms with van der Waals surface area (Å²) in [5, 5.41) is 0. The lowest BCUT2D eigenvalue weighted by atomic mass is 10.3. The van der Waals surface area contributed by atoms with E-state index in [9.17, 15) is 30.4 Å². The third-order valence-electron chi connectivity index (χ3n) is 2.49. The first-order valence-electron chi connectivity index (χ1n) is 5.90. The van der Waals surface area contributed by atoms with E-state index in [-0.39, 0.29) is 5.69 Å². The zero-order chi connectivity index (χ0) is 17.3. The van der Waals surface area contributed by atoms with E-state index < -0.39 is 38.7 Å². The number of anilines is 1. The fourth-order valence-electron chi connectivity index (χ4n) is 1.62. The number of rotatable bonds is 4. The number of nitrogens with one attached hydrogen (secondary N) is 1. The molecule has 124 valence electrons. The fraction of sp³-hybridized carbons (Fsp3) is 0.0769. The van der Waals surface area contributed by atoms with E-state index in [1.807, 2.05) is 4.72 Å². The van der Waals surface area contributed by atoms with Crippen molar-refractivity contribution in [3.63, 3.8) is 0 Å². The summed E-state index contributed by atoms with van der Waals surface area (Å²) in [5.74, 6) is -2.71. The molecule has 0 aliphatic heterocycles. The molecule has 0 aliphatic carbocycles. The molecule has 0 spiro atoms. The molecule has 0 amide bonds. The molecule has 0 aromatic heterocycles. The molecule has 0 saturated heterocycles. The topological polar surface area (TPSA) is 55.4 Å². The normalized spacial score (nSPS) is 12.0. The highest BCUT2D eigenvalue weighted by atomic mass is 32.2. The average molecular weight is 353 g/mol. The van der Waals surface area contributed by atoms with Crippen molar-refractivity contribution in [2.45, 2.75) is 11.3 Å². The molecule has 10 heteroatoms. The molecule has 23 heavy (non-hydrogen) atoms. The Balaban J connectivity index is 2.20. The molecule has 0 bridgehead atoms. The van der Waals surface area contributed by atoms with Gasteiger partial charge in [-0.2, -0.15) is 0 Å². The highest BCUT2D eigenvalue weighted by molar-refractivity contribution is 7.92. The van der Waals surface area contributed by atoms with Gasteiger partial charge in [-0.05, 0) is 36.4 Å². The summed E-state index contributed by atoms with van der Waals surface area (Å²) >= 11 is 0. The first-order valence-corrected chi connectivity index (χ1v) is 7.38. The largest absolute Gasteiger partial charge is 0.573 e. The Labute approximate surface area is 127 Å². The zero-order valence-corrected chi connectivity index (χ0v) is 11.9. The second kappa shape index (κ2) is 6.03. The van der Waals surface area contributed by atoms with Crippen LogP contribution in [0.25, 0.3) is 0 Å². The van der Waals surface area contributed by atoms with Crippen molar-refractivity contribution in [2.24, 2.45) is 0 Å². The van der Waals surface area contributed by atoms with Crippen molar-refractivity contribution in [1.29, 1.82) is 0 Å². The summed E-state index contributed by atoms with van der Waals surface area (Å²) in [5.41, 5.74) is -0.107. The average Bonchev–Trinajstić information content (AvgIpc) is 2.38. The first-order chi connectivity index (χ1) is 10.5. The maximum absolute atomic E-state index is 13.1. The van der Waals surface area contributed by atoms with Gasteiger partial charge < -0.3 is 4.74 Å². The van der Waals surface area contributed by atoms with Crippen molar-refractivity contribution in [1.82, 2.24) is 0 Å². The Morgan fingerprint density at radius 1 is 0.913 bits per heavy atom. The number of hydrogen-bond acceptors (Lipinski definition) is 3. The summed E-state index contributed by atoms with van der Waals surface area (Å²) in [7, 11) is -4.30. The standard InChI is InChI=1S/C13H8F5NO3S/c14-8-5-9(15)7-12(6-8)23(20,21)19-10-1-3-11(4-2-10)22-13(16,17)18/h1-7,19H. The molecule has 0 atom stereocenters. The van der Waals surface area contributed by atoms with Gasteiger partial charge in [0.05, 0.1) is 4.90 Å². The van der Waals surface area contributed by atoms with E-state index in [1.165, 1.54) is 0 Å². The van der Waals surface area contributed by atoms with Crippen LogP contribution in [0.1, 0.15) is 0 Å². The van der Waals surface area contributed by atoms with Crippen molar-refractivity contribution in [3.8, 4) is 5.75 Å². The summed E-state index contributed by atoms with van der Waals surface area (Å²) in [6.45, 7) is 0. The smallest absolute Gasteiger partial charge is 0.406 e. The van der Waals surface area contributed by atoms with Crippen LogP contribution < -0.4 is 9.46 Å². The molecular weight excluding hydrogens is 345 g/mol. The Hall–Kier alpha value is -2.36. The molecular formula is C13H8F5NO3S. The molecule has 4 nitrogen and oxygen atoms in total. The summed E-state index contributed by atoms with van der Waals surface area (Å²) < 4.78 is 91.7. The third kappa shape index (κ3) is 4.81. The van der Waals surface area contributed by atoms with Crippen molar-refractivity contribution < 1.29 is 35.1 Å². The summed E-state index contributed by atoms with van der Waals surface area (Å²) in [6, 6.07) is 5.50. The van der Waals surface area contributed by atoms with Crippen LogP contribution in [0.5, 0.6) is 5.75 Å². The minimum atomic E-state index is -4.87.